The van der Waals surface area contributed by atoms with Crippen LogP contribution in [0.3, 0.4) is 0 Å². The smallest absolute Gasteiger partial charge is 0.196 e. The van der Waals surface area contributed by atoms with Crippen molar-refractivity contribution in [2.45, 2.75) is 6.10 Å². The zero-order valence-electron chi connectivity index (χ0n) is 9.61. The lowest BCUT2D eigenvalue weighted by atomic mass is 10.1. The molecule has 1 aliphatic heterocycles. The van der Waals surface area contributed by atoms with Crippen molar-refractivity contribution in [3.63, 3.8) is 0 Å². The quantitative estimate of drug-likeness (QED) is 0.849. The number of rotatable bonds is 2. The molecule has 1 saturated heterocycles. The van der Waals surface area contributed by atoms with Crippen molar-refractivity contribution in [2.75, 3.05) is 19.8 Å². The lowest BCUT2D eigenvalue weighted by Crippen LogP contribution is -2.35. The molecular formula is C13H12ClNO3. The molecule has 1 atom stereocenters. The van der Waals surface area contributed by atoms with Gasteiger partial charge >= 0.3 is 0 Å². The van der Waals surface area contributed by atoms with E-state index in [1.54, 1.807) is 18.3 Å². The van der Waals surface area contributed by atoms with Gasteiger partial charge in [0.1, 0.15) is 6.10 Å². The summed E-state index contributed by atoms with van der Waals surface area (Å²) in [4.78, 5) is 15.4. The summed E-state index contributed by atoms with van der Waals surface area (Å²) in [7, 11) is 0. The number of hydrogen-bond donors (Lipinski definition) is 1. The summed E-state index contributed by atoms with van der Waals surface area (Å²) < 4.78 is 10.7. The summed E-state index contributed by atoms with van der Waals surface area (Å²) in [5, 5.41) is 1.43. The molecule has 2 heterocycles. The fourth-order valence-corrected chi connectivity index (χ4v) is 2.28. The molecule has 2 aromatic rings. The van der Waals surface area contributed by atoms with Gasteiger partial charge in [0.2, 0.25) is 0 Å². The van der Waals surface area contributed by atoms with E-state index in [9.17, 15) is 4.79 Å². The Hall–Kier alpha value is -1.36. The highest BCUT2D eigenvalue weighted by atomic mass is 35.5. The van der Waals surface area contributed by atoms with Crippen LogP contribution in [0.25, 0.3) is 10.9 Å². The SMILES string of the molecule is O=C(c1c[nH]c2ccc(Cl)cc12)C1COCCO1. The number of ether oxygens (including phenoxy) is 2. The van der Waals surface area contributed by atoms with Crippen LogP contribution >= 0.6 is 11.6 Å². The Kier molecular flexibility index (Phi) is 3.07. The van der Waals surface area contributed by atoms with Crippen molar-refractivity contribution in [3.8, 4) is 0 Å². The molecule has 1 fully saturated rings. The molecule has 94 valence electrons. The number of carbonyl (C=O) groups excluding carboxylic acids is 1. The molecule has 1 aliphatic rings. The van der Waals surface area contributed by atoms with Gasteiger partial charge in [-0.15, -0.1) is 0 Å². The molecule has 5 heteroatoms. The van der Waals surface area contributed by atoms with E-state index in [1.165, 1.54) is 0 Å². The first-order valence-corrected chi connectivity index (χ1v) is 6.14. The second kappa shape index (κ2) is 4.72. The lowest BCUT2D eigenvalue weighted by Gasteiger charge is -2.21. The zero-order chi connectivity index (χ0) is 12.5. The van der Waals surface area contributed by atoms with Crippen molar-refractivity contribution in [1.82, 2.24) is 4.98 Å². The number of carbonyl (C=O) groups is 1. The monoisotopic (exact) mass is 265 g/mol. The highest BCUT2D eigenvalue weighted by Crippen LogP contribution is 2.24. The van der Waals surface area contributed by atoms with Gasteiger partial charge in [-0.25, -0.2) is 0 Å². The predicted octanol–water partition coefficient (Wildman–Crippen LogP) is 2.42. The maximum atomic E-state index is 12.3. The molecule has 18 heavy (non-hydrogen) atoms. The van der Waals surface area contributed by atoms with Crippen LogP contribution in [0.1, 0.15) is 10.4 Å². The molecular weight excluding hydrogens is 254 g/mol. The number of Topliss-reactive ketones (excluding diaryl/α,β-unsaturated/α-hetero) is 1. The third-order valence-electron chi connectivity index (χ3n) is 3.02. The number of ketones is 1. The molecule has 3 rings (SSSR count). The molecule has 1 N–H and O–H groups in total. The summed E-state index contributed by atoms with van der Waals surface area (Å²) in [6.45, 7) is 1.31. The summed E-state index contributed by atoms with van der Waals surface area (Å²) in [6.07, 6.45) is 1.18. The van der Waals surface area contributed by atoms with Crippen molar-refractivity contribution < 1.29 is 14.3 Å². The average Bonchev–Trinajstić information content (AvgIpc) is 2.82. The van der Waals surface area contributed by atoms with E-state index < -0.39 is 6.10 Å². The Morgan fingerprint density at radius 1 is 1.39 bits per heavy atom. The van der Waals surface area contributed by atoms with E-state index in [2.05, 4.69) is 4.98 Å². The number of halogens is 1. The maximum Gasteiger partial charge on any atom is 0.196 e. The minimum Gasteiger partial charge on any atom is -0.376 e. The minimum absolute atomic E-state index is 0.0665. The Morgan fingerprint density at radius 3 is 3.06 bits per heavy atom. The fourth-order valence-electron chi connectivity index (χ4n) is 2.11. The fraction of sp³-hybridized carbons (Fsp3) is 0.308. The molecule has 0 radical (unpaired) electrons. The number of nitrogens with one attached hydrogen (secondary N) is 1. The van der Waals surface area contributed by atoms with Crippen LogP contribution in [0.4, 0.5) is 0 Å². The van der Waals surface area contributed by atoms with Gasteiger partial charge in [0.05, 0.1) is 19.8 Å². The molecule has 1 aromatic heterocycles. The lowest BCUT2D eigenvalue weighted by molar-refractivity contribution is -0.0718. The maximum absolute atomic E-state index is 12.3. The Morgan fingerprint density at radius 2 is 2.28 bits per heavy atom. The number of hydrogen-bond acceptors (Lipinski definition) is 3. The van der Waals surface area contributed by atoms with Gasteiger partial charge in [0.25, 0.3) is 0 Å². The van der Waals surface area contributed by atoms with Gasteiger partial charge in [-0.2, -0.15) is 0 Å². The van der Waals surface area contributed by atoms with Gasteiger partial charge in [-0.3, -0.25) is 4.79 Å². The first kappa shape index (κ1) is 11.7. The normalized spacial score (nSPS) is 20.2. The topological polar surface area (TPSA) is 51.3 Å². The summed E-state index contributed by atoms with van der Waals surface area (Å²) in [6, 6.07) is 5.42. The van der Waals surface area contributed by atoms with Crippen molar-refractivity contribution in [1.29, 1.82) is 0 Å². The summed E-state index contributed by atoms with van der Waals surface area (Å²) in [5.41, 5.74) is 1.49. The zero-order valence-corrected chi connectivity index (χ0v) is 10.4. The van der Waals surface area contributed by atoms with Gasteiger partial charge in [-0.05, 0) is 18.2 Å². The van der Waals surface area contributed by atoms with E-state index in [4.69, 9.17) is 21.1 Å². The van der Waals surface area contributed by atoms with Crippen LogP contribution in [0.5, 0.6) is 0 Å². The predicted molar refractivity (Wildman–Crippen MR) is 68.2 cm³/mol. The molecule has 0 amide bonds. The molecule has 0 bridgehead atoms. The van der Waals surface area contributed by atoms with E-state index in [-0.39, 0.29) is 5.78 Å². The second-order valence-corrected chi connectivity index (χ2v) is 4.63. The third kappa shape index (κ3) is 2.03. The Balaban J connectivity index is 1.98. The Bertz CT molecular complexity index is 587. The van der Waals surface area contributed by atoms with Crippen molar-refractivity contribution >= 4 is 28.3 Å². The van der Waals surface area contributed by atoms with Crippen LogP contribution in [0.15, 0.2) is 24.4 Å². The van der Waals surface area contributed by atoms with E-state index in [1.807, 2.05) is 6.07 Å². The van der Waals surface area contributed by atoms with E-state index >= 15 is 0 Å². The molecule has 0 spiro atoms. The van der Waals surface area contributed by atoms with Gasteiger partial charge in [0.15, 0.2) is 5.78 Å². The number of fused-ring (bicyclic) bond motifs is 1. The molecule has 1 aromatic carbocycles. The van der Waals surface area contributed by atoms with Crippen LogP contribution < -0.4 is 0 Å². The van der Waals surface area contributed by atoms with E-state index in [0.717, 1.165) is 10.9 Å². The summed E-state index contributed by atoms with van der Waals surface area (Å²) in [5.74, 6) is -0.0665. The molecule has 1 unspecified atom stereocenters. The largest absolute Gasteiger partial charge is 0.376 e. The average molecular weight is 266 g/mol. The first-order valence-electron chi connectivity index (χ1n) is 5.76. The number of aromatic amines is 1. The second-order valence-electron chi connectivity index (χ2n) is 4.19. The first-order chi connectivity index (χ1) is 8.75. The molecule has 0 aliphatic carbocycles. The van der Waals surface area contributed by atoms with Gasteiger partial charge in [0, 0.05) is 27.7 Å². The third-order valence-corrected chi connectivity index (χ3v) is 3.25. The van der Waals surface area contributed by atoms with Gasteiger partial charge < -0.3 is 14.5 Å². The molecule has 4 nitrogen and oxygen atoms in total. The van der Waals surface area contributed by atoms with Crippen molar-refractivity contribution in [3.05, 3.63) is 35.0 Å². The number of H-pyrrole nitrogens is 1. The van der Waals surface area contributed by atoms with E-state index in [0.29, 0.717) is 30.4 Å². The number of aromatic nitrogens is 1. The Labute approximate surface area is 109 Å². The van der Waals surface area contributed by atoms with Crippen molar-refractivity contribution in [2.24, 2.45) is 0 Å². The van der Waals surface area contributed by atoms with Crippen LogP contribution in [0.2, 0.25) is 5.02 Å². The number of benzene rings is 1. The molecule has 0 saturated carbocycles. The van der Waals surface area contributed by atoms with Crippen LogP contribution in [-0.2, 0) is 9.47 Å². The minimum atomic E-state index is -0.517. The highest BCUT2D eigenvalue weighted by molar-refractivity contribution is 6.31. The summed E-state index contributed by atoms with van der Waals surface area (Å²) >= 11 is 5.96. The van der Waals surface area contributed by atoms with Crippen LogP contribution in [0, 0.1) is 0 Å². The van der Waals surface area contributed by atoms with Gasteiger partial charge in [-0.1, -0.05) is 11.6 Å². The van der Waals surface area contributed by atoms with Crippen LogP contribution in [-0.4, -0.2) is 36.7 Å². The highest BCUT2D eigenvalue weighted by Gasteiger charge is 2.25. The standard InChI is InChI=1S/C13H12ClNO3/c14-8-1-2-11-9(5-8)10(6-15-11)13(16)12-7-17-3-4-18-12/h1-2,5-6,12,15H,3-4,7H2.